The third-order valence-electron chi connectivity index (χ3n) is 1.59. The molecule has 72 valence electrons. The van der Waals surface area contributed by atoms with E-state index in [2.05, 4.69) is 10.1 Å². The summed E-state index contributed by atoms with van der Waals surface area (Å²) >= 11 is 0. The lowest BCUT2D eigenvalue weighted by Crippen LogP contribution is -1.98. The van der Waals surface area contributed by atoms with E-state index in [1.807, 2.05) is 0 Å². The van der Waals surface area contributed by atoms with Crippen LogP contribution in [-0.4, -0.2) is 21.2 Å². The van der Waals surface area contributed by atoms with Crippen molar-refractivity contribution in [3.05, 3.63) is 23.9 Å². The number of hydrogen-bond donors (Lipinski definition) is 1. The Morgan fingerprint density at radius 1 is 1.57 bits per heavy atom. The highest BCUT2D eigenvalue weighted by Crippen LogP contribution is 2.19. The minimum absolute atomic E-state index is 0.138. The van der Waals surface area contributed by atoms with Gasteiger partial charge in [-0.2, -0.15) is 4.98 Å². The Bertz CT molecular complexity index is 471. The highest BCUT2D eigenvalue weighted by atomic mass is 16.5. The van der Waals surface area contributed by atoms with Gasteiger partial charge in [0.05, 0.1) is 5.56 Å². The average molecular weight is 194 g/mol. The van der Waals surface area contributed by atoms with Crippen molar-refractivity contribution >= 4 is 5.97 Å². The Morgan fingerprint density at radius 2 is 2.36 bits per heavy atom. The van der Waals surface area contributed by atoms with Crippen molar-refractivity contribution in [1.82, 2.24) is 10.1 Å². The fourth-order valence-electron chi connectivity index (χ4n) is 0.983. The fourth-order valence-corrected chi connectivity index (χ4v) is 0.983. The average Bonchev–Trinajstić information content (AvgIpc) is 2.70. The van der Waals surface area contributed by atoms with Gasteiger partial charge >= 0.3 is 5.97 Å². The molecule has 0 aliphatic heterocycles. The standard InChI is InChI=1S/C8H6N2O4/c1-4-2-5(3-13-4)7-9-6(8(11)12)10-14-7/h2-3H,1H3,(H,11,12). The first-order valence-corrected chi connectivity index (χ1v) is 3.79. The minimum Gasteiger partial charge on any atom is -0.475 e. The highest BCUT2D eigenvalue weighted by Gasteiger charge is 2.15. The Hall–Kier alpha value is -2.11. The predicted octanol–water partition coefficient (Wildman–Crippen LogP) is 1.34. The SMILES string of the molecule is Cc1cc(-c2nc(C(=O)O)no2)co1. The van der Waals surface area contributed by atoms with Crippen LogP contribution in [0.15, 0.2) is 21.3 Å². The maximum absolute atomic E-state index is 10.4. The van der Waals surface area contributed by atoms with Crippen molar-refractivity contribution in [2.24, 2.45) is 0 Å². The van der Waals surface area contributed by atoms with Gasteiger partial charge in [0.25, 0.3) is 11.7 Å². The molecule has 0 aromatic carbocycles. The summed E-state index contributed by atoms with van der Waals surface area (Å²) in [5.41, 5.74) is 0.572. The lowest BCUT2D eigenvalue weighted by molar-refractivity contribution is 0.0680. The van der Waals surface area contributed by atoms with Crippen LogP contribution in [0, 0.1) is 6.92 Å². The monoisotopic (exact) mass is 194 g/mol. The first kappa shape index (κ1) is 8.49. The second-order valence-electron chi connectivity index (χ2n) is 2.67. The summed E-state index contributed by atoms with van der Waals surface area (Å²) in [7, 11) is 0. The fraction of sp³-hybridized carbons (Fsp3) is 0.125. The molecule has 6 nitrogen and oxygen atoms in total. The largest absolute Gasteiger partial charge is 0.475 e. The molecule has 2 rings (SSSR count). The van der Waals surface area contributed by atoms with Crippen LogP contribution in [0.5, 0.6) is 0 Å². The lowest BCUT2D eigenvalue weighted by atomic mass is 10.3. The molecule has 0 bridgehead atoms. The van der Waals surface area contributed by atoms with E-state index in [4.69, 9.17) is 14.0 Å². The van der Waals surface area contributed by atoms with Gasteiger partial charge in [-0.15, -0.1) is 0 Å². The molecule has 0 fully saturated rings. The van der Waals surface area contributed by atoms with Crippen LogP contribution in [0.3, 0.4) is 0 Å². The van der Waals surface area contributed by atoms with E-state index in [1.54, 1.807) is 13.0 Å². The molecule has 0 spiro atoms. The molecule has 0 atom stereocenters. The summed E-state index contributed by atoms with van der Waals surface area (Å²) in [4.78, 5) is 14.1. The van der Waals surface area contributed by atoms with E-state index in [0.717, 1.165) is 0 Å². The molecule has 0 saturated heterocycles. The zero-order chi connectivity index (χ0) is 10.1. The van der Waals surface area contributed by atoms with Crippen LogP contribution in [0.2, 0.25) is 0 Å². The first-order chi connectivity index (χ1) is 6.66. The number of carbonyl (C=O) groups is 1. The van der Waals surface area contributed by atoms with Gasteiger partial charge in [-0.3, -0.25) is 0 Å². The molecule has 0 radical (unpaired) electrons. The molecule has 0 unspecified atom stereocenters. The van der Waals surface area contributed by atoms with Crippen molar-refractivity contribution in [3.63, 3.8) is 0 Å². The number of aryl methyl sites for hydroxylation is 1. The van der Waals surface area contributed by atoms with E-state index in [-0.39, 0.29) is 11.7 Å². The smallest absolute Gasteiger partial charge is 0.377 e. The Kier molecular flexibility index (Phi) is 1.81. The number of aromatic carboxylic acids is 1. The van der Waals surface area contributed by atoms with Crippen LogP contribution < -0.4 is 0 Å². The normalized spacial score (nSPS) is 10.4. The van der Waals surface area contributed by atoms with Crippen LogP contribution in [0.1, 0.15) is 16.4 Å². The van der Waals surface area contributed by atoms with E-state index in [9.17, 15) is 4.79 Å². The number of nitrogens with zero attached hydrogens (tertiary/aromatic N) is 2. The summed E-state index contributed by atoms with van der Waals surface area (Å²) in [5.74, 6) is -0.756. The number of carboxylic acids is 1. The van der Waals surface area contributed by atoms with Crippen LogP contribution >= 0.6 is 0 Å². The highest BCUT2D eigenvalue weighted by molar-refractivity contribution is 5.83. The molecule has 0 amide bonds. The lowest BCUT2D eigenvalue weighted by Gasteiger charge is -1.80. The third-order valence-corrected chi connectivity index (χ3v) is 1.59. The van der Waals surface area contributed by atoms with Crippen molar-refractivity contribution < 1.29 is 18.8 Å². The zero-order valence-electron chi connectivity index (χ0n) is 7.22. The quantitative estimate of drug-likeness (QED) is 0.775. The van der Waals surface area contributed by atoms with E-state index in [0.29, 0.717) is 11.3 Å². The van der Waals surface area contributed by atoms with Crippen LogP contribution in [-0.2, 0) is 0 Å². The van der Waals surface area contributed by atoms with Gasteiger partial charge in [0.1, 0.15) is 12.0 Å². The molecule has 2 heterocycles. The molecule has 1 N–H and O–H groups in total. The molecular weight excluding hydrogens is 188 g/mol. The maximum atomic E-state index is 10.4. The van der Waals surface area contributed by atoms with Crippen LogP contribution in [0.4, 0.5) is 0 Å². The Balaban J connectivity index is 2.38. The molecule has 0 saturated carbocycles. The van der Waals surface area contributed by atoms with E-state index in [1.165, 1.54) is 6.26 Å². The second kappa shape index (κ2) is 2.99. The summed E-state index contributed by atoms with van der Waals surface area (Å²) in [6, 6.07) is 1.68. The maximum Gasteiger partial charge on any atom is 0.377 e. The number of rotatable bonds is 2. The van der Waals surface area contributed by atoms with Gasteiger partial charge in [-0.1, -0.05) is 0 Å². The first-order valence-electron chi connectivity index (χ1n) is 3.79. The topological polar surface area (TPSA) is 89.4 Å². The van der Waals surface area contributed by atoms with E-state index >= 15 is 0 Å². The van der Waals surface area contributed by atoms with Crippen LogP contribution in [0.25, 0.3) is 11.5 Å². The van der Waals surface area contributed by atoms with Gasteiger partial charge in [-0.05, 0) is 18.1 Å². The van der Waals surface area contributed by atoms with Gasteiger partial charge in [0, 0.05) is 0 Å². The Morgan fingerprint density at radius 3 is 2.86 bits per heavy atom. The number of furan rings is 1. The van der Waals surface area contributed by atoms with E-state index < -0.39 is 5.97 Å². The van der Waals surface area contributed by atoms with Crippen molar-refractivity contribution in [2.75, 3.05) is 0 Å². The zero-order valence-corrected chi connectivity index (χ0v) is 7.22. The van der Waals surface area contributed by atoms with Crippen molar-refractivity contribution in [1.29, 1.82) is 0 Å². The minimum atomic E-state index is -1.22. The summed E-state index contributed by atoms with van der Waals surface area (Å²) in [6.45, 7) is 1.76. The number of carboxylic acid groups (broad SMARTS) is 1. The predicted molar refractivity (Wildman–Crippen MR) is 43.7 cm³/mol. The third kappa shape index (κ3) is 1.37. The van der Waals surface area contributed by atoms with Gasteiger partial charge in [-0.25, -0.2) is 4.79 Å². The molecule has 14 heavy (non-hydrogen) atoms. The summed E-state index contributed by atoms with van der Waals surface area (Å²) in [6.07, 6.45) is 1.43. The summed E-state index contributed by atoms with van der Waals surface area (Å²) < 4.78 is 9.74. The Labute approximate surface area is 78.2 Å². The molecular formula is C8H6N2O4. The van der Waals surface area contributed by atoms with Crippen molar-refractivity contribution in [3.8, 4) is 11.5 Å². The van der Waals surface area contributed by atoms with Gasteiger partial charge < -0.3 is 14.0 Å². The van der Waals surface area contributed by atoms with Crippen molar-refractivity contribution in [2.45, 2.75) is 6.92 Å². The molecule has 0 aliphatic carbocycles. The number of aromatic nitrogens is 2. The number of hydrogen-bond acceptors (Lipinski definition) is 5. The molecule has 6 heteroatoms. The molecule has 2 aromatic rings. The summed E-state index contributed by atoms with van der Waals surface area (Å²) in [5, 5.41) is 11.8. The molecule has 0 aliphatic rings. The van der Waals surface area contributed by atoms with Gasteiger partial charge in [0.2, 0.25) is 0 Å². The second-order valence-corrected chi connectivity index (χ2v) is 2.67. The van der Waals surface area contributed by atoms with Gasteiger partial charge in [0.15, 0.2) is 0 Å². The molecule has 2 aromatic heterocycles.